The Kier molecular flexibility index (Phi) is 4.26. The number of nitrogens with one attached hydrogen (secondary N) is 1. The molecule has 1 aliphatic rings. The molecule has 0 saturated carbocycles. The second-order valence-electron chi connectivity index (χ2n) is 5.24. The number of carboxylic acid groups (broad SMARTS) is 1. The van der Waals surface area contributed by atoms with E-state index in [0.29, 0.717) is 13.1 Å². The quantitative estimate of drug-likeness (QED) is 0.858. The molecule has 1 aromatic rings. The molecule has 2 heterocycles. The summed E-state index contributed by atoms with van der Waals surface area (Å²) in [6.07, 6.45) is 3.47. The first kappa shape index (κ1) is 14.4. The van der Waals surface area contributed by atoms with Crippen molar-refractivity contribution in [2.24, 2.45) is 13.0 Å². The van der Waals surface area contributed by atoms with E-state index in [1.165, 1.54) is 4.90 Å². The van der Waals surface area contributed by atoms with Crippen LogP contribution in [-0.2, 0) is 18.4 Å². The Morgan fingerprint density at radius 3 is 2.90 bits per heavy atom. The molecule has 0 radical (unpaired) electrons. The number of nitrogens with zero attached hydrogens (tertiary/aromatic N) is 3. The van der Waals surface area contributed by atoms with Crippen molar-refractivity contribution in [3.05, 3.63) is 18.0 Å². The van der Waals surface area contributed by atoms with E-state index in [4.69, 9.17) is 0 Å². The second-order valence-corrected chi connectivity index (χ2v) is 5.24. The van der Waals surface area contributed by atoms with Gasteiger partial charge in [0.1, 0.15) is 6.04 Å². The van der Waals surface area contributed by atoms with Gasteiger partial charge in [-0.15, -0.1) is 0 Å². The van der Waals surface area contributed by atoms with E-state index in [1.807, 2.05) is 13.0 Å². The summed E-state index contributed by atoms with van der Waals surface area (Å²) in [5, 5.41) is 16.2. The van der Waals surface area contributed by atoms with E-state index < -0.39 is 12.0 Å². The first-order chi connectivity index (χ1) is 9.49. The lowest BCUT2D eigenvalue weighted by atomic mass is 9.91. The standard InChI is InChI=1S/C13H20N4O3/c1-9-4-3-6-17(11(9)12(18)19)13(20)14-8-10-5-7-16(2)15-10/h5,7,9,11H,3-4,6,8H2,1-2H3,(H,14,20)(H,18,19). The van der Waals surface area contributed by atoms with Crippen molar-refractivity contribution in [3.63, 3.8) is 0 Å². The first-order valence-corrected chi connectivity index (χ1v) is 6.75. The molecule has 2 N–H and O–H groups in total. The summed E-state index contributed by atoms with van der Waals surface area (Å²) in [5.74, 6) is -0.966. The van der Waals surface area contributed by atoms with Gasteiger partial charge in [0.25, 0.3) is 0 Å². The number of likely N-dealkylation sites (tertiary alicyclic amines) is 1. The van der Waals surface area contributed by atoms with Gasteiger partial charge in [0, 0.05) is 19.8 Å². The van der Waals surface area contributed by atoms with Gasteiger partial charge in [-0.3, -0.25) is 4.68 Å². The third-order valence-corrected chi connectivity index (χ3v) is 3.64. The van der Waals surface area contributed by atoms with Crippen LogP contribution in [0.1, 0.15) is 25.5 Å². The maximum absolute atomic E-state index is 12.2. The normalized spacial score (nSPS) is 22.6. The molecule has 7 nitrogen and oxygen atoms in total. The number of aromatic nitrogens is 2. The topological polar surface area (TPSA) is 87.5 Å². The van der Waals surface area contributed by atoms with Crippen molar-refractivity contribution in [2.75, 3.05) is 6.54 Å². The summed E-state index contributed by atoms with van der Waals surface area (Å²) in [6, 6.07) is 0.732. The van der Waals surface area contributed by atoms with Gasteiger partial charge < -0.3 is 15.3 Å². The fraction of sp³-hybridized carbons (Fsp3) is 0.615. The van der Waals surface area contributed by atoms with Crippen molar-refractivity contribution in [1.29, 1.82) is 0 Å². The number of aryl methyl sites for hydroxylation is 1. The molecular formula is C13H20N4O3. The molecule has 1 fully saturated rings. The largest absolute Gasteiger partial charge is 0.480 e. The second kappa shape index (κ2) is 5.94. The molecular weight excluding hydrogens is 260 g/mol. The van der Waals surface area contributed by atoms with E-state index in [9.17, 15) is 14.7 Å². The molecule has 1 saturated heterocycles. The maximum atomic E-state index is 12.2. The maximum Gasteiger partial charge on any atom is 0.326 e. The van der Waals surface area contributed by atoms with Gasteiger partial charge in [0.2, 0.25) is 0 Å². The zero-order valence-electron chi connectivity index (χ0n) is 11.7. The molecule has 0 aliphatic carbocycles. The Morgan fingerprint density at radius 1 is 1.55 bits per heavy atom. The molecule has 1 aliphatic heterocycles. The number of hydrogen-bond acceptors (Lipinski definition) is 3. The van der Waals surface area contributed by atoms with Crippen LogP contribution < -0.4 is 5.32 Å². The number of amides is 2. The van der Waals surface area contributed by atoms with Gasteiger partial charge in [-0.1, -0.05) is 6.92 Å². The Labute approximate surface area is 117 Å². The van der Waals surface area contributed by atoms with Crippen LogP contribution in [0.3, 0.4) is 0 Å². The highest BCUT2D eigenvalue weighted by Crippen LogP contribution is 2.23. The average molecular weight is 280 g/mol. The van der Waals surface area contributed by atoms with Crippen molar-refractivity contribution in [2.45, 2.75) is 32.4 Å². The first-order valence-electron chi connectivity index (χ1n) is 6.75. The van der Waals surface area contributed by atoms with Crippen LogP contribution in [0, 0.1) is 5.92 Å². The molecule has 2 rings (SSSR count). The van der Waals surface area contributed by atoms with Crippen LogP contribution in [0.25, 0.3) is 0 Å². The van der Waals surface area contributed by atoms with E-state index in [0.717, 1.165) is 18.5 Å². The third-order valence-electron chi connectivity index (χ3n) is 3.64. The van der Waals surface area contributed by atoms with Gasteiger partial charge in [-0.2, -0.15) is 5.10 Å². The number of hydrogen-bond donors (Lipinski definition) is 2. The van der Waals surface area contributed by atoms with Gasteiger partial charge in [0.05, 0.1) is 12.2 Å². The minimum Gasteiger partial charge on any atom is -0.480 e. The monoisotopic (exact) mass is 280 g/mol. The number of rotatable bonds is 3. The molecule has 20 heavy (non-hydrogen) atoms. The molecule has 2 atom stereocenters. The van der Waals surface area contributed by atoms with Crippen LogP contribution in [0.2, 0.25) is 0 Å². The number of piperidine rings is 1. The highest BCUT2D eigenvalue weighted by Gasteiger charge is 2.36. The van der Waals surface area contributed by atoms with Crippen molar-refractivity contribution >= 4 is 12.0 Å². The summed E-state index contributed by atoms with van der Waals surface area (Å²) < 4.78 is 1.66. The van der Waals surface area contributed by atoms with Crippen LogP contribution in [0.5, 0.6) is 0 Å². The Balaban J connectivity index is 1.97. The highest BCUT2D eigenvalue weighted by molar-refractivity contribution is 5.83. The number of urea groups is 1. The molecule has 2 unspecified atom stereocenters. The Hall–Kier alpha value is -2.05. The van der Waals surface area contributed by atoms with E-state index in [-0.39, 0.29) is 11.9 Å². The summed E-state index contributed by atoms with van der Waals surface area (Å²) in [5.41, 5.74) is 0.748. The summed E-state index contributed by atoms with van der Waals surface area (Å²) >= 11 is 0. The average Bonchev–Trinajstić information content (AvgIpc) is 2.81. The van der Waals surface area contributed by atoms with Crippen LogP contribution in [0.15, 0.2) is 12.3 Å². The molecule has 7 heteroatoms. The molecule has 2 amide bonds. The zero-order chi connectivity index (χ0) is 14.7. The van der Waals surface area contributed by atoms with Crippen LogP contribution >= 0.6 is 0 Å². The lowest BCUT2D eigenvalue weighted by molar-refractivity contribution is -0.145. The minimum absolute atomic E-state index is 0.0261. The van der Waals surface area contributed by atoms with E-state index in [2.05, 4.69) is 10.4 Å². The molecule has 0 spiro atoms. The summed E-state index contributed by atoms with van der Waals surface area (Å²) in [4.78, 5) is 24.9. The Bertz CT molecular complexity index is 500. The number of aliphatic carboxylic acids is 1. The van der Waals surface area contributed by atoms with Gasteiger partial charge in [-0.05, 0) is 24.8 Å². The van der Waals surface area contributed by atoms with Crippen LogP contribution in [0.4, 0.5) is 4.79 Å². The van der Waals surface area contributed by atoms with Gasteiger partial charge in [-0.25, -0.2) is 9.59 Å². The van der Waals surface area contributed by atoms with Gasteiger partial charge >= 0.3 is 12.0 Å². The molecule has 0 bridgehead atoms. The van der Waals surface area contributed by atoms with E-state index in [1.54, 1.807) is 17.9 Å². The van der Waals surface area contributed by atoms with Crippen molar-refractivity contribution < 1.29 is 14.7 Å². The minimum atomic E-state index is -0.940. The molecule has 1 aromatic heterocycles. The molecule has 110 valence electrons. The zero-order valence-corrected chi connectivity index (χ0v) is 11.7. The predicted octanol–water partition coefficient (Wildman–Crippen LogP) is 0.815. The van der Waals surface area contributed by atoms with Crippen LogP contribution in [-0.4, -0.2) is 44.4 Å². The summed E-state index contributed by atoms with van der Waals surface area (Å²) in [7, 11) is 1.80. The fourth-order valence-corrected chi connectivity index (χ4v) is 2.62. The summed E-state index contributed by atoms with van der Waals surface area (Å²) in [6.45, 7) is 2.66. The lowest BCUT2D eigenvalue weighted by Crippen LogP contribution is -2.54. The number of carbonyl (C=O) groups excluding carboxylic acids is 1. The van der Waals surface area contributed by atoms with Crippen molar-refractivity contribution in [3.8, 4) is 0 Å². The smallest absolute Gasteiger partial charge is 0.326 e. The SMILES string of the molecule is CC1CCCN(C(=O)NCc2ccn(C)n2)C1C(=O)O. The highest BCUT2D eigenvalue weighted by atomic mass is 16.4. The molecule has 0 aromatic carbocycles. The third kappa shape index (κ3) is 3.09. The fourth-order valence-electron chi connectivity index (χ4n) is 2.62. The lowest BCUT2D eigenvalue weighted by Gasteiger charge is -2.37. The predicted molar refractivity (Wildman–Crippen MR) is 72.0 cm³/mol. The van der Waals surface area contributed by atoms with Gasteiger partial charge in [0.15, 0.2) is 0 Å². The number of carbonyl (C=O) groups is 2. The van der Waals surface area contributed by atoms with E-state index >= 15 is 0 Å². The Morgan fingerprint density at radius 2 is 2.30 bits per heavy atom. The number of carboxylic acids is 1. The van der Waals surface area contributed by atoms with Crippen molar-refractivity contribution in [1.82, 2.24) is 20.0 Å².